The Morgan fingerprint density at radius 1 is 1.50 bits per heavy atom. The number of halogens is 1. The quantitative estimate of drug-likeness (QED) is 0.778. The third-order valence-electron chi connectivity index (χ3n) is 3.00. The third kappa shape index (κ3) is 3.03. The summed E-state index contributed by atoms with van der Waals surface area (Å²) in [6.07, 6.45) is 6.77. The molecule has 0 saturated carbocycles. The molecular weight excluding hydrogens is 244 g/mol. The van der Waals surface area contributed by atoms with Gasteiger partial charge in [-0.2, -0.15) is 0 Å². The van der Waals surface area contributed by atoms with Gasteiger partial charge in [-0.25, -0.2) is 0 Å². The molecule has 0 amide bonds. The summed E-state index contributed by atoms with van der Waals surface area (Å²) in [5, 5.41) is 3.92. The fraction of sp³-hybridized carbons (Fsp3) is 0.636. The summed E-state index contributed by atoms with van der Waals surface area (Å²) >= 11 is 7.10. The van der Waals surface area contributed by atoms with Crippen molar-refractivity contribution in [2.45, 2.75) is 26.4 Å². The molecule has 0 N–H and O–H groups in total. The molecule has 88 valence electrons. The first kappa shape index (κ1) is 12.0. The molecule has 16 heavy (non-hydrogen) atoms. The molecule has 0 saturated heterocycles. The molecule has 1 aliphatic rings. The molecule has 0 bridgehead atoms. The van der Waals surface area contributed by atoms with Crippen LogP contribution in [0.2, 0.25) is 4.34 Å². The molecule has 0 aliphatic heterocycles. The molecule has 3 nitrogen and oxygen atoms in total. The van der Waals surface area contributed by atoms with Crippen LogP contribution in [0.25, 0.3) is 0 Å². The second-order valence-electron chi connectivity index (χ2n) is 4.19. The van der Waals surface area contributed by atoms with E-state index in [9.17, 15) is 0 Å². The van der Waals surface area contributed by atoms with E-state index in [2.05, 4.69) is 28.7 Å². The highest BCUT2D eigenvalue weighted by atomic mass is 35.5. The van der Waals surface area contributed by atoms with Crippen LogP contribution in [0.5, 0.6) is 0 Å². The second kappa shape index (κ2) is 5.75. The molecule has 1 aromatic heterocycles. The number of allylic oxidation sites excluding steroid dienone is 2. The van der Waals surface area contributed by atoms with E-state index < -0.39 is 0 Å². The van der Waals surface area contributed by atoms with E-state index in [0.29, 0.717) is 22.8 Å². The van der Waals surface area contributed by atoms with Crippen LogP contribution in [-0.4, -0.2) is 16.2 Å². The zero-order valence-electron chi connectivity index (χ0n) is 9.23. The Bertz CT molecular complexity index is 367. The van der Waals surface area contributed by atoms with Crippen molar-refractivity contribution in [1.29, 1.82) is 0 Å². The Kier molecular flexibility index (Phi) is 4.32. The van der Waals surface area contributed by atoms with Gasteiger partial charge in [-0.1, -0.05) is 35.2 Å². The zero-order chi connectivity index (χ0) is 11.4. The summed E-state index contributed by atoms with van der Waals surface area (Å²) in [5.74, 6) is 1.32. The number of aromatic nitrogens is 2. The maximum Gasteiger partial charge on any atom is 0.139 e. The van der Waals surface area contributed by atoms with E-state index in [1.807, 2.05) is 0 Å². The van der Waals surface area contributed by atoms with Crippen molar-refractivity contribution in [3.05, 3.63) is 22.2 Å². The van der Waals surface area contributed by atoms with E-state index in [-0.39, 0.29) is 0 Å². The lowest BCUT2D eigenvalue weighted by Crippen LogP contribution is -2.19. The Morgan fingerprint density at radius 2 is 2.31 bits per heavy atom. The minimum Gasteiger partial charge on any atom is -0.375 e. The van der Waals surface area contributed by atoms with Gasteiger partial charge in [0.15, 0.2) is 0 Å². The lowest BCUT2D eigenvalue weighted by molar-refractivity contribution is 0.0662. The molecule has 2 atom stereocenters. The van der Waals surface area contributed by atoms with E-state index in [4.69, 9.17) is 16.3 Å². The van der Waals surface area contributed by atoms with Crippen molar-refractivity contribution in [3.8, 4) is 0 Å². The van der Waals surface area contributed by atoms with Crippen LogP contribution in [-0.2, 0) is 11.3 Å². The van der Waals surface area contributed by atoms with Crippen LogP contribution in [0.15, 0.2) is 12.2 Å². The van der Waals surface area contributed by atoms with Crippen molar-refractivity contribution in [3.63, 3.8) is 0 Å². The molecule has 0 fully saturated rings. The van der Waals surface area contributed by atoms with Crippen LogP contribution in [0.3, 0.4) is 0 Å². The van der Waals surface area contributed by atoms with Crippen LogP contribution in [0.4, 0.5) is 0 Å². The van der Waals surface area contributed by atoms with Crippen molar-refractivity contribution in [2.24, 2.45) is 11.8 Å². The molecule has 1 aliphatic carbocycles. The van der Waals surface area contributed by atoms with E-state index >= 15 is 0 Å². The zero-order valence-corrected chi connectivity index (χ0v) is 10.8. The minimum absolute atomic E-state index is 0.474. The van der Waals surface area contributed by atoms with Crippen LogP contribution >= 0.6 is 23.1 Å². The minimum atomic E-state index is 0.474. The average Bonchev–Trinajstić information content (AvgIpc) is 2.67. The number of nitrogens with zero attached hydrogens (tertiary/aromatic N) is 2. The molecule has 0 radical (unpaired) electrons. The van der Waals surface area contributed by atoms with Gasteiger partial charge in [-0.05, 0) is 24.7 Å². The van der Waals surface area contributed by atoms with Crippen LogP contribution in [0, 0.1) is 11.8 Å². The SMILES string of the molecule is CC1CC=CCC1COCc1nnsc1Cl. The molecule has 1 aromatic rings. The first-order valence-electron chi connectivity index (χ1n) is 5.47. The molecule has 5 heteroatoms. The summed E-state index contributed by atoms with van der Waals surface area (Å²) in [6, 6.07) is 0. The first-order chi connectivity index (χ1) is 7.77. The predicted molar refractivity (Wildman–Crippen MR) is 65.6 cm³/mol. The average molecular weight is 259 g/mol. The molecule has 2 rings (SSSR count). The van der Waals surface area contributed by atoms with Gasteiger partial charge in [0.2, 0.25) is 0 Å². The fourth-order valence-electron chi connectivity index (χ4n) is 1.83. The molecule has 1 heterocycles. The maximum absolute atomic E-state index is 5.89. The van der Waals surface area contributed by atoms with E-state index in [1.54, 1.807) is 0 Å². The Labute approximate surface area is 105 Å². The van der Waals surface area contributed by atoms with Gasteiger partial charge in [0.05, 0.1) is 13.2 Å². The van der Waals surface area contributed by atoms with Crippen molar-refractivity contribution in [2.75, 3.05) is 6.61 Å². The van der Waals surface area contributed by atoms with Crippen molar-refractivity contribution >= 4 is 23.1 Å². The van der Waals surface area contributed by atoms with Crippen molar-refractivity contribution in [1.82, 2.24) is 9.59 Å². The number of ether oxygens (including phenoxy) is 1. The topological polar surface area (TPSA) is 35.0 Å². The molecule has 0 aromatic carbocycles. The van der Waals surface area contributed by atoms with Crippen molar-refractivity contribution < 1.29 is 4.74 Å². The summed E-state index contributed by atoms with van der Waals surface area (Å²) in [6.45, 7) is 3.52. The molecule has 0 spiro atoms. The molecular formula is C11H15ClN2OS. The number of hydrogen-bond donors (Lipinski definition) is 0. The van der Waals surface area contributed by atoms with Gasteiger partial charge in [0.1, 0.15) is 10.0 Å². The number of hydrogen-bond acceptors (Lipinski definition) is 4. The predicted octanol–water partition coefficient (Wildman–Crippen LogP) is 3.31. The summed E-state index contributed by atoms with van der Waals surface area (Å²) in [7, 11) is 0. The lowest BCUT2D eigenvalue weighted by Gasteiger charge is -2.24. The first-order valence-corrected chi connectivity index (χ1v) is 6.62. The summed E-state index contributed by atoms with van der Waals surface area (Å²) in [4.78, 5) is 0. The highest BCUT2D eigenvalue weighted by Gasteiger charge is 2.18. The summed E-state index contributed by atoms with van der Waals surface area (Å²) < 4.78 is 10.1. The Hall–Kier alpha value is -0.450. The summed E-state index contributed by atoms with van der Waals surface area (Å²) in [5.41, 5.74) is 0.755. The highest BCUT2D eigenvalue weighted by Crippen LogP contribution is 2.25. The van der Waals surface area contributed by atoms with Crippen LogP contribution in [0.1, 0.15) is 25.5 Å². The van der Waals surface area contributed by atoms with Gasteiger partial charge in [-0.15, -0.1) is 5.10 Å². The largest absolute Gasteiger partial charge is 0.375 e. The maximum atomic E-state index is 5.89. The molecule has 2 unspecified atom stereocenters. The smallest absolute Gasteiger partial charge is 0.139 e. The third-order valence-corrected chi connectivity index (χ3v) is 3.98. The van der Waals surface area contributed by atoms with Gasteiger partial charge < -0.3 is 4.74 Å². The monoisotopic (exact) mass is 258 g/mol. The van der Waals surface area contributed by atoms with Crippen LogP contribution < -0.4 is 0 Å². The van der Waals surface area contributed by atoms with E-state index in [0.717, 1.165) is 25.1 Å². The standard InChI is InChI=1S/C11H15ClN2OS/c1-8-4-2-3-5-9(8)6-15-7-10-11(12)16-14-13-10/h2-3,8-9H,4-7H2,1H3. The Balaban J connectivity index is 1.76. The van der Waals surface area contributed by atoms with Gasteiger partial charge in [0.25, 0.3) is 0 Å². The highest BCUT2D eigenvalue weighted by molar-refractivity contribution is 7.10. The number of rotatable bonds is 4. The fourth-order valence-corrected chi connectivity index (χ4v) is 2.43. The second-order valence-corrected chi connectivity index (χ2v) is 5.54. The Morgan fingerprint density at radius 3 is 3.00 bits per heavy atom. The van der Waals surface area contributed by atoms with Gasteiger partial charge >= 0.3 is 0 Å². The van der Waals surface area contributed by atoms with E-state index in [1.165, 1.54) is 11.5 Å². The van der Waals surface area contributed by atoms with Gasteiger partial charge in [-0.3, -0.25) is 0 Å². The lowest BCUT2D eigenvalue weighted by atomic mass is 9.85. The van der Waals surface area contributed by atoms with Gasteiger partial charge in [0, 0.05) is 11.5 Å². The normalized spacial score (nSPS) is 24.9.